The van der Waals surface area contributed by atoms with Gasteiger partial charge in [-0.2, -0.15) is 0 Å². The van der Waals surface area contributed by atoms with Gasteiger partial charge in [-0.3, -0.25) is 0 Å². The van der Waals surface area contributed by atoms with Gasteiger partial charge >= 0.3 is 0 Å². The van der Waals surface area contributed by atoms with Crippen LogP contribution < -0.4 is 0 Å². The van der Waals surface area contributed by atoms with Gasteiger partial charge in [0.2, 0.25) is 0 Å². The molecule has 0 spiro atoms. The van der Waals surface area contributed by atoms with Gasteiger partial charge in [0.15, 0.2) is 0 Å². The van der Waals surface area contributed by atoms with Crippen LogP contribution in [-0.4, -0.2) is 11.7 Å². The SMILES string of the molecule is OCCCc1ccc(-c2ccc(Br)cc2)o1. The van der Waals surface area contributed by atoms with Crippen molar-refractivity contribution in [2.45, 2.75) is 12.8 Å². The van der Waals surface area contributed by atoms with Gasteiger partial charge in [0.25, 0.3) is 0 Å². The molecule has 1 aromatic heterocycles. The molecule has 1 aromatic carbocycles. The predicted molar refractivity (Wildman–Crippen MR) is 67.3 cm³/mol. The van der Waals surface area contributed by atoms with E-state index in [4.69, 9.17) is 9.52 Å². The van der Waals surface area contributed by atoms with Gasteiger partial charge in [-0.05, 0) is 30.7 Å². The lowest BCUT2D eigenvalue weighted by atomic mass is 10.2. The van der Waals surface area contributed by atoms with Crippen molar-refractivity contribution >= 4 is 15.9 Å². The number of benzene rings is 1. The zero-order chi connectivity index (χ0) is 11.4. The van der Waals surface area contributed by atoms with E-state index < -0.39 is 0 Å². The van der Waals surface area contributed by atoms with Crippen LogP contribution >= 0.6 is 15.9 Å². The Kier molecular flexibility index (Phi) is 3.80. The minimum Gasteiger partial charge on any atom is -0.461 e. The quantitative estimate of drug-likeness (QED) is 0.928. The van der Waals surface area contributed by atoms with Crippen LogP contribution in [0.1, 0.15) is 12.2 Å². The third kappa shape index (κ3) is 2.74. The largest absolute Gasteiger partial charge is 0.461 e. The van der Waals surface area contributed by atoms with Crippen LogP contribution in [0.4, 0.5) is 0 Å². The maximum Gasteiger partial charge on any atom is 0.134 e. The summed E-state index contributed by atoms with van der Waals surface area (Å²) in [4.78, 5) is 0. The van der Waals surface area contributed by atoms with Gasteiger partial charge in [0.05, 0.1) is 0 Å². The van der Waals surface area contributed by atoms with Crippen LogP contribution in [0, 0.1) is 0 Å². The second-order valence-corrected chi connectivity index (χ2v) is 4.52. The molecule has 0 aliphatic rings. The van der Waals surface area contributed by atoms with Crippen LogP contribution in [-0.2, 0) is 6.42 Å². The molecule has 1 N–H and O–H groups in total. The Morgan fingerprint density at radius 2 is 1.81 bits per heavy atom. The average molecular weight is 281 g/mol. The summed E-state index contributed by atoms with van der Waals surface area (Å²) in [6, 6.07) is 11.9. The first-order valence-electron chi connectivity index (χ1n) is 5.25. The van der Waals surface area contributed by atoms with Crippen molar-refractivity contribution in [3.05, 3.63) is 46.6 Å². The fourth-order valence-corrected chi connectivity index (χ4v) is 1.80. The maximum absolute atomic E-state index is 8.74. The first-order valence-corrected chi connectivity index (χ1v) is 6.04. The number of furan rings is 1. The van der Waals surface area contributed by atoms with E-state index in [0.717, 1.165) is 34.4 Å². The second kappa shape index (κ2) is 5.32. The fraction of sp³-hybridized carbons (Fsp3) is 0.231. The third-order valence-corrected chi connectivity index (χ3v) is 2.90. The Morgan fingerprint density at radius 3 is 2.50 bits per heavy atom. The number of hydrogen-bond donors (Lipinski definition) is 1. The van der Waals surface area contributed by atoms with E-state index in [1.807, 2.05) is 36.4 Å². The molecular weight excluding hydrogens is 268 g/mol. The molecule has 1 heterocycles. The first kappa shape index (κ1) is 11.4. The van der Waals surface area contributed by atoms with E-state index in [0.29, 0.717) is 0 Å². The van der Waals surface area contributed by atoms with Crippen molar-refractivity contribution in [1.29, 1.82) is 0 Å². The van der Waals surface area contributed by atoms with Gasteiger partial charge in [-0.15, -0.1) is 0 Å². The molecule has 0 saturated carbocycles. The molecule has 0 aliphatic carbocycles. The summed E-state index contributed by atoms with van der Waals surface area (Å²) in [5.41, 5.74) is 1.07. The molecule has 0 amide bonds. The van der Waals surface area contributed by atoms with Gasteiger partial charge < -0.3 is 9.52 Å². The zero-order valence-corrected chi connectivity index (χ0v) is 10.4. The molecule has 0 atom stereocenters. The lowest BCUT2D eigenvalue weighted by Gasteiger charge is -1.97. The molecule has 0 fully saturated rings. The van der Waals surface area contributed by atoms with Gasteiger partial charge in [0, 0.05) is 23.1 Å². The van der Waals surface area contributed by atoms with Crippen LogP contribution in [0.3, 0.4) is 0 Å². The molecule has 3 heteroatoms. The standard InChI is InChI=1S/C13H13BrO2/c14-11-5-3-10(4-6-11)13-8-7-12(16-13)2-1-9-15/h3-8,15H,1-2,9H2. The summed E-state index contributed by atoms with van der Waals surface area (Å²) in [6.45, 7) is 0.203. The summed E-state index contributed by atoms with van der Waals surface area (Å²) in [6.07, 6.45) is 1.53. The highest BCUT2D eigenvalue weighted by atomic mass is 79.9. The lowest BCUT2D eigenvalue weighted by Crippen LogP contribution is -1.86. The Balaban J connectivity index is 2.15. The summed E-state index contributed by atoms with van der Waals surface area (Å²) in [7, 11) is 0. The van der Waals surface area contributed by atoms with Crippen molar-refractivity contribution in [1.82, 2.24) is 0 Å². The first-order chi connectivity index (χ1) is 7.79. The van der Waals surface area contributed by atoms with E-state index >= 15 is 0 Å². The molecule has 84 valence electrons. The van der Waals surface area contributed by atoms with E-state index in [1.54, 1.807) is 0 Å². The molecule has 2 aromatic rings. The lowest BCUT2D eigenvalue weighted by molar-refractivity contribution is 0.284. The van der Waals surface area contributed by atoms with Crippen molar-refractivity contribution in [3.63, 3.8) is 0 Å². The highest BCUT2D eigenvalue weighted by Gasteiger charge is 2.04. The molecule has 0 aliphatic heterocycles. The molecule has 0 unspecified atom stereocenters. The van der Waals surface area contributed by atoms with Crippen LogP contribution in [0.25, 0.3) is 11.3 Å². The van der Waals surface area contributed by atoms with Crippen molar-refractivity contribution < 1.29 is 9.52 Å². The maximum atomic E-state index is 8.74. The minimum absolute atomic E-state index is 0.203. The van der Waals surface area contributed by atoms with E-state index in [2.05, 4.69) is 15.9 Å². The normalized spacial score (nSPS) is 10.6. The zero-order valence-electron chi connectivity index (χ0n) is 8.82. The third-order valence-electron chi connectivity index (χ3n) is 2.37. The number of rotatable bonds is 4. The number of aliphatic hydroxyl groups is 1. The number of aryl methyl sites for hydroxylation is 1. The fourth-order valence-electron chi connectivity index (χ4n) is 1.53. The Bertz CT molecular complexity index is 445. The topological polar surface area (TPSA) is 33.4 Å². The average Bonchev–Trinajstić information content (AvgIpc) is 2.76. The highest BCUT2D eigenvalue weighted by molar-refractivity contribution is 9.10. The summed E-state index contributed by atoms with van der Waals surface area (Å²) < 4.78 is 6.74. The van der Waals surface area contributed by atoms with Crippen molar-refractivity contribution in [2.24, 2.45) is 0 Å². The molecule has 2 rings (SSSR count). The predicted octanol–water partition coefficient (Wildman–Crippen LogP) is 3.63. The van der Waals surface area contributed by atoms with E-state index in [1.165, 1.54) is 0 Å². The smallest absolute Gasteiger partial charge is 0.134 e. The Hall–Kier alpha value is -1.06. The van der Waals surface area contributed by atoms with E-state index in [-0.39, 0.29) is 6.61 Å². The van der Waals surface area contributed by atoms with Crippen molar-refractivity contribution in [2.75, 3.05) is 6.61 Å². The number of halogens is 1. The second-order valence-electron chi connectivity index (χ2n) is 3.60. The molecular formula is C13H13BrO2. The number of aliphatic hydroxyl groups excluding tert-OH is 1. The summed E-state index contributed by atoms with van der Waals surface area (Å²) >= 11 is 3.40. The van der Waals surface area contributed by atoms with Crippen LogP contribution in [0.2, 0.25) is 0 Å². The molecule has 16 heavy (non-hydrogen) atoms. The van der Waals surface area contributed by atoms with Crippen molar-refractivity contribution in [3.8, 4) is 11.3 Å². The van der Waals surface area contributed by atoms with Gasteiger partial charge in [-0.1, -0.05) is 28.1 Å². The highest BCUT2D eigenvalue weighted by Crippen LogP contribution is 2.24. The summed E-state index contributed by atoms with van der Waals surface area (Å²) in [5, 5.41) is 8.74. The van der Waals surface area contributed by atoms with Gasteiger partial charge in [0.1, 0.15) is 11.5 Å². The molecule has 0 radical (unpaired) electrons. The minimum atomic E-state index is 0.203. The molecule has 2 nitrogen and oxygen atoms in total. The van der Waals surface area contributed by atoms with Crippen LogP contribution in [0.5, 0.6) is 0 Å². The van der Waals surface area contributed by atoms with E-state index in [9.17, 15) is 0 Å². The monoisotopic (exact) mass is 280 g/mol. The van der Waals surface area contributed by atoms with Gasteiger partial charge in [-0.25, -0.2) is 0 Å². The molecule has 0 bridgehead atoms. The Labute approximate surface area is 103 Å². The number of hydrogen-bond acceptors (Lipinski definition) is 2. The summed E-state index contributed by atoms with van der Waals surface area (Å²) in [5.74, 6) is 1.80. The Morgan fingerprint density at radius 1 is 1.06 bits per heavy atom. The molecule has 0 saturated heterocycles. The van der Waals surface area contributed by atoms with Crippen LogP contribution in [0.15, 0.2) is 45.3 Å².